The maximum Gasteiger partial charge on any atom is 0.490 e. The number of carboxylic acid groups (broad SMARTS) is 2. The number of hydrogen-bond acceptors (Lipinski definition) is 7. The Hall–Kier alpha value is -3.92. The van der Waals surface area contributed by atoms with Crippen LogP contribution in [0.1, 0.15) is 22.7 Å². The number of imidazole rings is 1. The molecule has 0 bridgehead atoms. The van der Waals surface area contributed by atoms with E-state index in [0.717, 1.165) is 37.7 Å². The van der Waals surface area contributed by atoms with Gasteiger partial charge in [0.1, 0.15) is 0 Å². The number of rotatable bonds is 2. The van der Waals surface area contributed by atoms with Crippen molar-refractivity contribution in [3.63, 3.8) is 0 Å². The van der Waals surface area contributed by atoms with Crippen molar-refractivity contribution in [1.29, 1.82) is 0 Å². The SMILES string of the molecule is Cc1cnc(C(=O)N2CCCN(c3ncccn3)CC2)[nH]1.O=C(O)C(F)(F)F.O=C(O)C(F)(F)F. The van der Waals surface area contributed by atoms with Crippen molar-refractivity contribution in [2.75, 3.05) is 31.1 Å². The molecular weight excluding hydrogens is 494 g/mol. The van der Waals surface area contributed by atoms with Gasteiger partial charge < -0.3 is 25.0 Å². The first-order chi connectivity index (χ1) is 16.1. The van der Waals surface area contributed by atoms with Crippen LogP contribution in [-0.4, -0.2) is 91.4 Å². The van der Waals surface area contributed by atoms with E-state index in [1.165, 1.54) is 0 Å². The molecule has 2 aromatic heterocycles. The Kier molecular flexibility index (Phi) is 10.4. The first-order valence-electron chi connectivity index (χ1n) is 9.56. The molecule has 1 aliphatic rings. The zero-order chi connectivity index (χ0) is 26.8. The van der Waals surface area contributed by atoms with Crippen LogP contribution in [-0.2, 0) is 9.59 Å². The standard InChI is InChI=1S/C14H18N6O.2C2HF3O2/c1-11-10-17-12(18-11)13(21)19-6-3-7-20(9-8-19)14-15-4-2-5-16-14;2*3-2(4,5)1(6)7/h2,4-5,10H,3,6-9H2,1H3,(H,17,18);2*(H,6,7). The molecule has 1 amide bonds. The van der Waals surface area contributed by atoms with Crippen LogP contribution in [0.3, 0.4) is 0 Å². The quantitative estimate of drug-likeness (QED) is 0.512. The lowest BCUT2D eigenvalue weighted by atomic mass is 10.3. The van der Waals surface area contributed by atoms with E-state index in [4.69, 9.17) is 19.8 Å². The van der Waals surface area contributed by atoms with E-state index in [2.05, 4.69) is 24.8 Å². The molecule has 0 unspecified atom stereocenters. The predicted octanol–water partition coefficient (Wildman–Crippen LogP) is 2.13. The molecule has 0 atom stereocenters. The number of carbonyl (C=O) groups excluding carboxylic acids is 1. The van der Waals surface area contributed by atoms with Gasteiger partial charge in [-0.05, 0) is 19.4 Å². The Labute approximate surface area is 193 Å². The first kappa shape index (κ1) is 29.1. The van der Waals surface area contributed by atoms with Crippen LogP contribution in [0.4, 0.5) is 32.3 Å². The van der Waals surface area contributed by atoms with Crippen LogP contribution < -0.4 is 4.90 Å². The number of nitrogens with zero attached hydrogens (tertiary/aromatic N) is 5. The molecule has 3 N–H and O–H groups in total. The molecule has 1 fully saturated rings. The highest BCUT2D eigenvalue weighted by molar-refractivity contribution is 5.90. The van der Waals surface area contributed by atoms with Gasteiger partial charge in [0.25, 0.3) is 5.91 Å². The fraction of sp³-hybridized carbons (Fsp3) is 0.444. The monoisotopic (exact) mass is 514 g/mol. The Morgan fingerprint density at radius 1 is 0.886 bits per heavy atom. The van der Waals surface area contributed by atoms with E-state index >= 15 is 0 Å². The summed E-state index contributed by atoms with van der Waals surface area (Å²) in [6.45, 7) is 4.85. The average Bonchev–Trinajstić information content (AvgIpc) is 3.05. The van der Waals surface area contributed by atoms with E-state index in [0.29, 0.717) is 12.4 Å². The number of aliphatic carboxylic acids is 2. The van der Waals surface area contributed by atoms with Crippen molar-refractivity contribution in [2.45, 2.75) is 25.7 Å². The highest BCUT2D eigenvalue weighted by Crippen LogP contribution is 2.14. The van der Waals surface area contributed by atoms with E-state index in [-0.39, 0.29) is 5.91 Å². The highest BCUT2D eigenvalue weighted by Gasteiger charge is 2.38. The normalized spacial score (nSPS) is 14.0. The number of anilines is 1. The van der Waals surface area contributed by atoms with Gasteiger partial charge in [0.05, 0.1) is 0 Å². The van der Waals surface area contributed by atoms with Crippen LogP contribution in [0.15, 0.2) is 24.7 Å². The van der Waals surface area contributed by atoms with Gasteiger partial charge in [0.2, 0.25) is 5.95 Å². The smallest absolute Gasteiger partial charge is 0.475 e. The minimum atomic E-state index is -5.08. The molecule has 1 saturated heterocycles. The van der Waals surface area contributed by atoms with Crippen LogP contribution >= 0.6 is 0 Å². The maximum atomic E-state index is 12.4. The van der Waals surface area contributed by atoms with Crippen LogP contribution in [0.5, 0.6) is 0 Å². The van der Waals surface area contributed by atoms with Gasteiger partial charge in [-0.2, -0.15) is 26.3 Å². The van der Waals surface area contributed by atoms with Crippen molar-refractivity contribution < 1.29 is 50.9 Å². The number of aromatic amines is 1. The Morgan fingerprint density at radius 2 is 1.40 bits per heavy atom. The van der Waals surface area contributed by atoms with E-state index in [1.54, 1.807) is 24.7 Å². The molecule has 0 aromatic carbocycles. The number of H-pyrrole nitrogens is 1. The minimum absolute atomic E-state index is 0.0427. The maximum absolute atomic E-state index is 12.4. The summed E-state index contributed by atoms with van der Waals surface area (Å²) in [6.07, 6.45) is -4.12. The molecule has 35 heavy (non-hydrogen) atoms. The van der Waals surface area contributed by atoms with Gasteiger partial charge in [-0.25, -0.2) is 24.5 Å². The zero-order valence-electron chi connectivity index (χ0n) is 18.0. The molecule has 1 aliphatic heterocycles. The van der Waals surface area contributed by atoms with Gasteiger partial charge in [-0.15, -0.1) is 0 Å². The number of halogens is 6. The first-order valence-corrected chi connectivity index (χ1v) is 9.56. The van der Waals surface area contributed by atoms with E-state index in [9.17, 15) is 31.1 Å². The molecule has 11 nitrogen and oxygen atoms in total. The number of amides is 1. The summed E-state index contributed by atoms with van der Waals surface area (Å²) < 4.78 is 63.5. The van der Waals surface area contributed by atoms with Crippen molar-refractivity contribution in [1.82, 2.24) is 24.8 Å². The summed E-state index contributed by atoms with van der Waals surface area (Å²) >= 11 is 0. The summed E-state index contributed by atoms with van der Waals surface area (Å²) in [4.78, 5) is 49.8. The second-order valence-corrected chi connectivity index (χ2v) is 6.70. The predicted molar refractivity (Wildman–Crippen MR) is 105 cm³/mol. The molecular formula is C18H20F6N6O5. The lowest BCUT2D eigenvalue weighted by Gasteiger charge is -2.21. The fourth-order valence-corrected chi connectivity index (χ4v) is 2.45. The lowest BCUT2D eigenvalue weighted by molar-refractivity contribution is -0.193. The number of carbonyl (C=O) groups is 3. The van der Waals surface area contributed by atoms with Gasteiger partial charge in [0.15, 0.2) is 5.82 Å². The van der Waals surface area contributed by atoms with Crippen LogP contribution in [0.2, 0.25) is 0 Å². The van der Waals surface area contributed by atoms with Gasteiger partial charge >= 0.3 is 24.3 Å². The van der Waals surface area contributed by atoms with Crippen molar-refractivity contribution in [3.8, 4) is 0 Å². The Balaban J connectivity index is 0.000000362. The summed E-state index contributed by atoms with van der Waals surface area (Å²) in [5.74, 6) is -4.42. The Bertz CT molecular complexity index is 958. The number of aryl methyl sites for hydroxylation is 1. The fourth-order valence-electron chi connectivity index (χ4n) is 2.45. The third-order valence-corrected chi connectivity index (χ3v) is 4.01. The van der Waals surface area contributed by atoms with Crippen molar-refractivity contribution in [2.24, 2.45) is 0 Å². The zero-order valence-corrected chi connectivity index (χ0v) is 18.0. The summed E-state index contributed by atoms with van der Waals surface area (Å²) in [7, 11) is 0. The number of hydrogen-bond donors (Lipinski definition) is 3. The minimum Gasteiger partial charge on any atom is -0.475 e. The van der Waals surface area contributed by atoms with Gasteiger partial charge in [-0.1, -0.05) is 0 Å². The summed E-state index contributed by atoms with van der Waals surface area (Å²) in [5, 5.41) is 14.2. The van der Waals surface area contributed by atoms with Crippen LogP contribution in [0, 0.1) is 6.92 Å². The molecule has 2 aromatic rings. The summed E-state index contributed by atoms with van der Waals surface area (Å²) in [5.41, 5.74) is 0.896. The molecule has 0 spiro atoms. The number of aromatic nitrogens is 4. The molecule has 0 aliphatic carbocycles. The molecule has 194 valence electrons. The molecule has 3 rings (SSSR count). The molecule has 17 heteroatoms. The van der Waals surface area contributed by atoms with Crippen LogP contribution in [0.25, 0.3) is 0 Å². The summed E-state index contributed by atoms with van der Waals surface area (Å²) in [6, 6.07) is 1.80. The molecule has 0 saturated carbocycles. The molecule has 0 radical (unpaired) electrons. The Morgan fingerprint density at radius 3 is 1.83 bits per heavy atom. The van der Waals surface area contributed by atoms with E-state index < -0.39 is 24.3 Å². The van der Waals surface area contributed by atoms with Gasteiger partial charge in [0, 0.05) is 50.5 Å². The topological polar surface area (TPSA) is 153 Å². The molecule has 3 heterocycles. The highest BCUT2D eigenvalue weighted by atomic mass is 19.4. The number of carboxylic acids is 2. The number of nitrogens with one attached hydrogen (secondary N) is 1. The average molecular weight is 514 g/mol. The van der Waals surface area contributed by atoms with Crippen molar-refractivity contribution in [3.05, 3.63) is 36.2 Å². The number of alkyl halides is 6. The second kappa shape index (κ2) is 12.5. The largest absolute Gasteiger partial charge is 0.490 e. The van der Waals surface area contributed by atoms with Crippen molar-refractivity contribution >= 4 is 23.8 Å². The third-order valence-electron chi connectivity index (χ3n) is 4.01. The second-order valence-electron chi connectivity index (χ2n) is 6.70. The lowest BCUT2D eigenvalue weighted by Crippen LogP contribution is -2.36. The third kappa shape index (κ3) is 10.3. The van der Waals surface area contributed by atoms with E-state index in [1.807, 2.05) is 11.8 Å². The van der Waals surface area contributed by atoms with Gasteiger partial charge in [-0.3, -0.25) is 4.79 Å².